The van der Waals surface area contributed by atoms with Crippen molar-refractivity contribution < 1.29 is 27.4 Å². The first kappa shape index (κ1) is 18.2. The SMILES string of the molecule is CC(C)(C)OC(=O)N1CC2(CC(Oc3cc(Cl)c(F)c(F)c3F)C2)C1. The molecule has 138 valence electrons. The van der Waals surface area contributed by atoms with E-state index in [-0.39, 0.29) is 17.6 Å². The molecular weight excluding hydrogens is 359 g/mol. The summed E-state index contributed by atoms with van der Waals surface area (Å²) in [6.45, 7) is 6.49. The fourth-order valence-corrected chi connectivity index (χ4v) is 3.47. The molecule has 1 aliphatic carbocycles. The van der Waals surface area contributed by atoms with Gasteiger partial charge in [0.25, 0.3) is 0 Å². The third kappa shape index (κ3) is 3.52. The summed E-state index contributed by atoms with van der Waals surface area (Å²) < 4.78 is 50.9. The highest BCUT2D eigenvalue weighted by Crippen LogP contribution is 2.50. The Morgan fingerprint density at radius 3 is 2.36 bits per heavy atom. The maximum absolute atomic E-state index is 13.7. The van der Waals surface area contributed by atoms with E-state index in [9.17, 15) is 18.0 Å². The minimum atomic E-state index is -1.64. The van der Waals surface area contributed by atoms with Gasteiger partial charge in [0, 0.05) is 24.6 Å². The first-order valence-corrected chi connectivity index (χ1v) is 8.35. The molecular formula is C17H19ClF3NO3. The minimum Gasteiger partial charge on any atom is -0.487 e. The lowest BCUT2D eigenvalue weighted by Gasteiger charge is -2.58. The second-order valence-corrected chi connectivity index (χ2v) is 8.19. The summed E-state index contributed by atoms with van der Waals surface area (Å²) in [6, 6.07) is 0.939. The number of nitrogens with zero attached hydrogens (tertiary/aromatic N) is 1. The van der Waals surface area contributed by atoms with Crippen molar-refractivity contribution in [2.75, 3.05) is 13.1 Å². The third-order valence-corrected chi connectivity index (χ3v) is 4.66. The standard InChI is InChI=1S/C17H19ClF3NO3/c1-16(2,3)25-15(23)22-7-17(8-22)5-9(6-17)24-11-4-10(18)12(19)14(21)13(11)20/h4,9H,5-8H2,1-3H3. The minimum absolute atomic E-state index is 0.0690. The molecule has 0 bridgehead atoms. The first-order chi connectivity index (χ1) is 11.5. The Hall–Kier alpha value is -1.63. The summed E-state index contributed by atoms with van der Waals surface area (Å²) >= 11 is 5.52. The summed E-state index contributed by atoms with van der Waals surface area (Å²) in [4.78, 5) is 13.5. The normalized spacial score (nSPS) is 19.4. The molecule has 1 saturated carbocycles. The van der Waals surface area contributed by atoms with Crippen LogP contribution in [0.5, 0.6) is 5.75 Å². The quantitative estimate of drug-likeness (QED) is 0.561. The van der Waals surface area contributed by atoms with E-state index in [1.54, 1.807) is 25.7 Å². The molecule has 0 atom stereocenters. The van der Waals surface area contributed by atoms with Crippen molar-refractivity contribution in [1.29, 1.82) is 0 Å². The van der Waals surface area contributed by atoms with E-state index in [4.69, 9.17) is 21.1 Å². The molecule has 2 fully saturated rings. The summed E-state index contributed by atoms with van der Waals surface area (Å²) in [5.41, 5.74) is -0.616. The number of hydrogen-bond acceptors (Lipinski definition) is 3. The molecule has 1 heterocycles. The van der Waals surface area contributed by atoms with Crippen molar-refractivity contribution in [3.05, 3.63) is 28.5 Å². The lowest BCUT2D eigenvalue weighted by atomic mass is 9.62. The largest absolute Gasteiger partial charge is 0.487 e. The number of rotatable bonds is 2. The first-order valence-electron chi connectivity index (χ1n) is 7.97. The highest BCUT2D eigenvalue weighted by molar-refractivity contribution is 6.30. The van der Waals surface area contributed by atoms with Gasteiger partial charge < -0.3 is 14.4 Å². The number of ether oxygens (including phenoxy) is 2. The summed E-state index contributed by atoms with van der Waals surface area (Å²) in [5, 5.41) is -0.525. The van der Waals surface area contributed by atoms with E-state index in [0.29, 0.717) is 25.9 Å². The van der Waals surface area contributed by atoms with E-state index in [2.05, 4.69) is 0 Å². The molecule has 2 aliphatic rings. The number of likely N-dealkylation sites (tertiary alicyclic amines) is 1. The van der Waals surface area contributed by atoms with Gasteiger partial charge in [-0.25, -0.2) is 13.6 Å². The van der Waals surface area contributed by atoms with Gasteiger partial charge in [-0.3, -0.25) is 0 Å². The second kappa shape index (κ2) is 5.97. The summed E-state index contributed by atoms with van der Waals surface area (Å²) in [7, 11) is 0. The smallest absolute Gasteiger partial charge is 0.410 e. The molecule has 0 N–H and O–H groups in total. The number of benzene rings is 1. The lowest BCUT2D eigenvalue weighted by Crippen LogP contribution is -2.66. The van der Waals surface area contributed by atoms with Crippen molar-refractivity contribution in [3.8, 4) is 5.75 Å². The van der Waals surface area contributed by atoms with Gasteiger partial charge in [0.2, 0.25) is 5.82 Å². The van der Waals surface area contributed by atoms with Crippen LogP contribution < -0.4 is 4.74 Å². The molecule has 1 amide bonds. The zero-order chi connectivity index (χ0) is 18.6. The van der Waals surface area contributed by atoms with Crippen LogP contribution >= 0.6 is 11.6 Å². The molecule has 1 aliphatic heterocycles. The van der Waals surface area contributed by atoms with E-state index >= 15 is 0 Å². The van der Waals surface area contributed by atoms with Gasteiger partial charge in [-0.2, -0.15) is 4.39 Å². The predicted octanol–water partition coefficient (Wildman–Crippen LogP) is 4.54. The Morgan fingerprint density at radius 1 is 1.20 bits per heavy atom. The number of carbonyl (C=O) groups excluding carboxylic acids is 1. The van der Waals surface area contributed by atoms with Crippen LogP contribution in [0.4, 0.5) is 18.0 Å². The Labute approximate surface area is 148 Å². The molecule has 0 radical (unpaired) electrons. The van der Waals surface area contributed by atoms with Crippen LogP contribution in [0.3, 0.4) is 0 Å². The molecule has 1 spiro atoms. The van der Waals surface area contributed by atoms with Crippen LogP contribution in [0.25, 0.3) is 0 Å². The topological polar surface area (TPSA) is 38.8 Å². The number of hydrogen-bond donors (Lipinski definition) is 0. The Balaban J connectivity index is 1.53. The molecule has 0 unspecified atom stereocenters. The average Bonchev–Trinajstić information content (AvgIpc) is 2.40. The van der Waals surface area contributed by atoms with Crippen LogP contribution in [-0.2, 0) is 4.74 Å². The monoisotopic (exact) mass is 377 g/mol. The molecule has 8 heteroatoms. The maximum atomic E-state index is 13.7. The van der Waals surface area contributed by atoms with Crippen LogP contribution in [0, 0.1) is 22.9 Å². The van der Waals surface area contributed by atoms with E-state index in [1.807, 2.05) is 0 Å². The number of carbonyl (C=O) groups is 1. The Kier molecular flexibility index (Phi) is 4.34. The van der Waals surface area contributed by atoms with E-state index < -0.39 is 33.8 Å². The van der Waals surface area contributed by atoms with Gasteiger partial charge in [0.15, 0.2) is 17.4 Å². The van der Waals surface area contributed by atoms with Gasteiger partial charge in [-0.15, -0.1) is 0 Å². The third-order valence-electron chi connectivity index (χ3n) is 4.39. The summed E-state index contributed by atoms with van der Waals surface area (Å²) in [6.07, 6.45) is 0.516. The maximum Gasteiger partial charge on any atom is 0.410 e. The predicted molar refractivity (Wildman–Crippen MR) is 85.2 cm³/mol. The fourth-order valence-electron chi connectivity index (χ4n) is 3.28. The van der Waals surface area contributed by atoms with Crippen LogP contribution in [0.1, 0.15) is 33.6 Å². The molecule has 1 aromatic rings. The van der Waals surface area contributed by atoms with Gasteiger partial charge in [0.05, 0.1) is 5.02 Å². The van der Waals surface area contributed by atoms with Gasteiger partial charge in [-0.1, -0.05) is 11.6 Å². The molecule has 0 aromatic heterocycles. The molecule has 1 saturated heterocycles. The van der Waals surface area contributed by atoms with Crippen molar-refractivity contribution >= 4 is 17.7 Å². The zero-order valence-corrected chi connectivity index (χ0v) is 14.9. The van der Waals surface area contributed by atoms with Crippen molar-refractivity contribution in [2.24, 2.45) is 5.41 Å². The van der Waals surface area contributed by atoms with Crippen LogP contribution in [0.2, 0.25) is 5.02 Å². The second-order valence-electron chi connectivity index (χ2n) is 7.78. The fraction of sp³-hybridized carbons (Fsp3) is 0.588. The highest BCUT2D eigenvalue weighted by Gasteiger charge is 2.55. The van der Waals surface area contributed by atoms with E-state index in [1.165, 1.54) is 0 Å². The van der Waals surface area contributed by atoms with Crippen LogP contribution in [0.15, 0.2) is 6.07 Å². The summed E-state index contributed by atoms with van der Waals surface area (Å²) in [5.74, 6) is -4.85. The number of amides is 1. The Bertz CT molecular complexity index is 706. The van der Waals surface area contributed by atoms with Crippen molar-refractivity contribution in [1.82, 2.24) is 4.90 Å². The van der Waals surface area contributed by atoms with Gasteiger partial charge >= 0.3 is 6.09 Å². The zero-order valence-electron chi connectivity index (χ0n) is 14.2. The number of halogens is 4. The molecule has 3 rings (SSSR count). The lowest BCUT2D eigenvalue weighted by molar-refractivity contribution is -0.117. The van der Waals surface area contributed by atoms with Gasteiger partial charge in [0.1, 0.15) is 11.7 Å². The highest BCUT2D eigenvalue weighted by atomic mass is 35.5. The molecule has 25 heavy (non-hydrogen) atoms. The molecule has 4 nitrogen and oxygen atoms in total. The molecule has 1 aromatic carbocycles. The van der Waals surface area contributed by atoms with Crippen molar-refractivity contribution in [3.63, 3.8) is 0 Å². The van der Waals surface area contributed by atoms with Crippen molar-refractivity contribution in [2.45, 2.75) is 45.3 Å². The Morgan fingerprint density at radius 2 is 1.80 bits per heavy atom. The average molecular weight is 378 g/mol. The van der Waals surface area contributed by atoms with Gasteiger partial charge in [-0.05, 0) is 33.6 Å². The van der Waals surface area contributed by atoms with E-state index in [0.717, 1.165) is 6.07 Å². The van der Waals surface area contributed by atoms with Crippen LogP contribution in [-0.4, -0.2) is 35.8 Å².